The fraction of sp³-hybridized carbons (Fsp3) is 0.261. The summed E-state index contributed by atoms with van der Waals surface area (Å²) in [4.78, 5) is 25.4. The molecule has 0 radical (unpaired) electrons. The molecular weight excluding hydrogens is 404 g/mol. The highest BCUT2D eigenvalue weighted by atomic mass is 16.1. The second-order valence-corrected chi connectivity index (χ2v) is 8.42. The number of pyridine rings is 1. The first-order valence-corrected chi connectivity index (χ1v) is 10.7. The summed E-state index contributed by atoms with van der Waals surface area (Å²) in [6.07, 6.45) is 5.38. The van der Waals surface area contributed by atoms with Crippen molar-refractivity contribution in [2.24, 2.45) is 5.92 Å². The van der Waals surface area contributed by atoms with Gasteiger partial charge in [-0.2, -0.15) is 5.10 Å². The number of aromatic nitrogens is 5. The van der Waals surface area contributed by atoms with E-state index in [1.54, 1.807) is 30.5 Å². The van der Waals surface area contributed by atoms with E-state index >= 15 is 0 Å². The van der Waals surface area contributed by atoms with Crippen LogP contribution in [0.2, 0.25) is 0 Å². The topological polar surface area (TPSA) is 124 Å². The predicted molar refractivity (Wildman–Crippen MR) is 121 cm³/mol. The number of rotatable bonds is 4. The van der Waals surface area contributed by atoms with Crippen LogP contribution in [-0.4, -0.2) is 43.2 Å². The summed E-state index contributed by atoms with van der Waals surface area (Å²) in [6, 6.07) is 13.3. The van der Waals surface area contributed by atoms with Gasteiger partial charge in [0.25, 0.3) is 5.91 Å². The zero-order valence-corrected chi connectivity index (χ0v) is 17.3. The number of hydrogen-bond donors (Lipinski definition) is 3. The largest absolute Gasteiger partial charge is 0.383 e. The molecule has 0 spiro atoms. The smallest absolute Gasteiger partial charge is 0.256 e. The maximum Gasteiger partial charge on any atom is 0.256 e. The van der Waals surface area contributed by atoms with Crippen molar-refractivity contribution in [3.63, 3.8) is 0 Å². The molecule has 9 nitrogen and oxygen atoms in total. The van der Waals surface area contributed by atoms with Crippen molar-refractivity contribution in [3.05, 3.63) is 60.6 Å². The summed E-state index contributed by atoms with van der Waals surface area (Å²) in [5, 5.41) is 12.1. The van der Waals surface area contributed by atoms with Crippen LogP contribution in [0.25, 0.3) is 22.3 Å². The number of carbonyl (C=O) groups excluding carboxylic acids is 1. The van der Waals surface area contributed by atoms with Gasteiger partial charge in [0.2, 0.25) is 0 Å². The van der Waals surface area contributed by atoms with Gasteiger partial charge in [0, 0.05) is 23.4 Å². The Hall–Kier alpha value is -3.85. The highest BCUT2D eigenvalue weighted by Crippen LogP contribution is 2.41. The molecule has 32 heavy (non-hydrogen) atoms. The zero-order valence-electron chi connectivity index (χ0n) is 17.3. The minimum Gasteiger partial charge on any atom is -0.383 e. The maximum absolute atomic E-state index is 12.6. The van der Waals surface area contributed by atoms with Gasteiger partial charge in [0.1, 0.15) is 23.7 Å². The summed E-state index contributed by atoms with van der Waals surface area (Å²) in [7, 11) is 0. The molecule has 1 saturated heterocycles. The number of amides is 1. The molecule has 9 heteroatoms. The summed E-state index contributed by atoms with van der Waals surface area (Å²) >= 11 is 0. The molecule has 160 valence electrons. The highest BCUT2D eigenvalue weighted by Gasteiger charge is 2.42. The Kier molecular flexibility index (Phi) is 4.36. The zero-order chi connectivity index (χ0) is 21.7. The fourth-order valence-electron chi connectivity index (χ4n) is 4.93. The molecule has 4 aromatic rings. The van der Waals surface area contributed by atoms with Crippen LogP contribution in [0.15, 0.2) is 55.0 Å². The number of nitrogens with one attached hydrogen (secondary N) is 2. The monoisotopic (exact) mass is 426 g/mol. The minimum atomic E-state index is -0.221. The Labute approximate surface area is 184 Å². The first kappa shape index (κ1) is 18.9. The van der Waals surface area contributed by atoms with Gasteiger partial charge < -0.3 is 16.4 Å². The van der Waals surface area contributed by atoms with Gasteiger partial charge in [-0.15, -0.1) is 0 Å². The lowest BCUT2D eigenvalue weighted by Gasteiger charge is -2.23. The number of nitrogens with two attached hydrogens (primary N) is 1. The third kappa shape index (κ3) is 3.09. The fourth-order valence-corrected chi connectivity index (χ4v) is 4.93. The van der Waals surface area contributed by atoms with Crippen LogP contribution in [-0.2, 0) is 0 Å². The van der Waals surface area contributed by atoms with E-state index in [-0.39, 0.29) is 11.9 Å². The maximum atomic E-state index is 12.6. The number of fused-ring (bicyclic) bond motifs is 3. The molecular formula is C23H22N8O. The molecule has 3 atom stereocenters. The lowest BCUT2D eigenvalue weighted by molar-refractivity contribution is 0.102. The Balaban J connectivity index is 1.35. The Morgan fingerprint density at radius 2 is 1.97 bits per heavy atom. The molecule has 1 aromatic carbocycles. The van der Waals surface area contributed by atoms with Gasteiger partial charge in [-0.05, 0) is 49.6 Å². The van der Waals surface area contributed by atoms with Gasteiger partial charge in [0.05, 0.1) is 11.4 Å². The minimum absolute atomic E-state index is 0.221. The van der Waals surface area contributed by atoms with Gasteiger partial charge in [-0.1, -0.05) is 18.2 Å². The normalized spacial score (nSPS) is 21.8. The summed E-state index contributed by atoms with van der Waals surface area (Å²) in [5.41, 5.74) is 9.14. The average molecular weight is 426 g/mol. The number of piperidine rings is 1. The third-order valence-corrected chi connectivity index (χ3v) is 6.45. The van der Waals surface area contributed by atoms with E-state index in [9.17, 15) is 4.79 Å². The third-order valence-electron chi connectivity index (χ3n) is 6.45. The molecule has 2 aliphatic rings. The number of carbonyl (C=O) groups is 1. The van der Waals surface area contributed by atoms with E-state index in [4.69, 9.17) is 10.8 Å². The first-order chi connectivity index (χ1) is 15.7. The Bertz CT molecular complexity index is 1300. The van der Waals surface area contributed by atoms with Crippen LogP contribution < -0.4 is 16.4 Å². The summed E-state index contributed by atoms with van der Waals surface area (Å²) in [6.45, 7) is 1.08. The second-order valence-electron chi connectivity index (χ2n) is 8.42. The van der Waals surface area contributed by atoms with Gasteiger partial charge >= 0.3 is 0 Å². The summed E-state index contributed by atoms with van der Waals surface area (Å²) in [5.74, 6) is 1.38. The lowest BCUT2D eigenvalue weighted by atomic mass is 10.1. The standard InChI is InChI=1S/C23H22N8O/c24-21-19-20(14-4-6-15(7-5-14)23(32)29-18-3-1-2-8-25-18)30-31(22(19)28-12-27-21)17-10-13-9-16(17)26-11-13/h1-8,12-13,16-17,26H,9-11H2,(H2,24,27,28)(H,25,29,32). The first-order valence-electron chi connectivity index (χ1n) is 10.7. The van der Waals surface area contributed by atoms with Crippen LogP contribution in [0.1, 0.15) is 29.2 Å². The van der Waals surface area contributed by atoms with E-state index in [0.29, 0.717) is 29.2 Å². The van der Waals surface area contributed by atoms with Crippen molar-refractivity contribution < 1.29 is 4.79 Å². The molecule has 6 rings (SSSR count). The number of nitrogen functional groups attached to an aromatic ring is 1. The van der Waals surface area contributed by atoms with E-state index < -0.39 is 0 Å². The number of nitrogens with zero attached hydrogens (tertiary/aromatic N) is 5. The van der Waals surface area contributed by atoms with E-state index in [1.807, 2.05) is 22.9 Å². The number of benzene rings is 1. The van der Waals surface area contributed by atoms with Crippen LogP contribution in [0.5, 0.6) is 0 Å². The van der Waals surface area contributed by atoms with Crippen LogP contribution in [0, 0.1) is 5.92 Å². The van der Waals surface area contributed by atoms with Gasteiger partial charge in [0.15, 0.2) is 5.65 Å². The van der Waals surface area contributed by atoms with Crippen LogP contribution >= 0.6 is 0 Å². The molecule has 1 amide bonds. The molecule has 1 aliphatic carbocycles. The molecule has 1 aliphatic heterocycles. The van der Waals surface area contributed by atoms with Crippen molar-refractivity contribution in [2.75, 3.05) is 17.6 Å². The predicted octanol–water partition coefficient (Wildman–Crippen LogP) is 2.65. The quantitative estimate of drug-likeness (QED) is 0.458. The van der Waals surface area contributed by atoms with Gasteiger partial charge in [-0.3, -0.25) is 4.79 Å². The van der Waals surface area contributed by atoms with Gasteiger partial charge in [-0.25, -0.2) is 19.6 Å². The molecule has 3 aromatic heterocycles. The molecule has 2 bridgehead atoms. The molecule has 3 unspecified atom stereocenters. The van der Waals surface area contributed by atoms with Crippen molar-refractivity contribution in [1.82, 2.24) is 30.0 Å². The van der Waals surface area contributed by atoms with E-state index in [0.717, 1.165) is 35.3 Å². The molecule has 1 saturated carbocycles. The lowest BCUT2D eigenvalue weighted by Crippen LogP contribution is -2.35. The second kappa shape index (κ2) is 7.38. The van der Waals surface area contributed by atoms with Crippen LogP contribution in [0.4, 0.5) is 11.6 Å². The van der Waals surface area contributed by atoms with E-state index in [1.165, 1.54) is 12.7 Å². The van der Waals surface area contributed by atoms with E-state index in [2.05, 4.69) is 25.6 Å². The molecule has 4 heterocycles. The Morgan fingerprint density at radius 3 is 2.69 bits per heavy atom. The van der Waals surface area contributed by atoms with Crippen molar-refractivity contribution in [3.8, 4) is 11.3 Å². The van der Waals surface area contributed by atoms with Crippen molar-refractivity contribution in [1.29, 1.82) is 0 Å². The highest BCUT2D eigenvalue weighted by molar-refractivity contribution is 6.04. The average Bonchev–Trinajstić information content (AvgIpc) is 3.55. The number of anilines is 2. The van der Waals surface area contributed by atoms with Crippen molar-refractivity contribution in [2.45, 2.75) is 24.9 Å². The molecule has 4 N–H and O–H groups in total. The SMILES string of the molecule is Nc1ncnc2c1c(-c1ccc(C(=O)Nc3ccccn3)cc1)nn2C1CC2CNC1C2. The number of hydrogen-bond acceptors (Lipinski definition) is 7. The Morgan fingerprint density at radius 1 is 1.09 bits per heavy atom. The van der Waals surface area contributed by atoms with Crippen LogP contribution in [0.3, 0.4) is 0 Å². The molecule has 2 fully saturated rings. The van der Waals surface area contributed by atoms with Crippen molar-refractivity contribution >= 4 is 28.6 Å². The summed E-state index contributed by atoms with van der Waals surface area (Å²) < 4.78 is 2.02.